The van der Waals surface area contributed by atoms with Crippen LogP contribution in [0, 0.1) is 6.92 Å². The van der Waals surface area contributed by atoms with Gasteiger partial charge in [-0.3, -0.25) is 4.79 Å². The van der Waals surface area contributed by atoms with Crippen LogP contribution >= 0.6 is 0 Å². The first-order chi connectivity index (χ1) is 14.1. The second-order valence-corrected chi connectivity index (χ2v) is 6.70. The molecule has 30 heavy (non-hydrogen) atoms. The molecule has 10 heteroatoms. The molecule has 0 saturated heterocycles. The summed E-state index contributed by atoms with van der Waals surface area (Å²) in [5.74, 6) is 0. The van der Waals surface area contributed by atoms with Gasteiger partial charge >= 0.3 is 12.2 Å². The largest absolute Gasteiger partial charge is 0.416 e. The van der Waals surface area contributed by atoms with Crippen molar-refractivity contribution in [3.05, 3.63) is 69.6 Å². The van der Waals surface area contributed by atoms with E-state index in [-0.39, 0.29) is 25.2 Å². The normalized spacial score (nSPS) is 11.5. The van der Waals surface area contributed by atoms with Crippen molar-refractivity contribution >= 4 is 22.8 Å². The van der Waals surface area contributed by atoms with Gasteiger partial charge in [-0.25, -0.2) is 9.78 Å². The van der Waals surface area contributed by atoms with Crippen LogP contribution in [-0.2, 0) is 19.3 Å². The molecule has 158 valence electrons. The lowest BCUT2D eigenvalue weighted by molar-refractivity contribution is -0.137. The molecule has 0 bridgehead atoms. The van der Waals surface area contributed by atoms with E-state index in [4.69, 9.17) is 5.73 Å². The van der Waals surface area contributed by atoms with E-state index in [2.05, 4.69) is 15.6 Å². The molecule has 0 aliphatic rings. The summed E-state index contributed by atoms with van der Waals surface area (Å²) < 4.78 is 40.1. The van der Waals surface area contributed by atoms with Gasteiger partial charge in [-0.05, 0) is 42.8 Å². The van der Waals surface area contributed by atoms with Gasteiger partial charge in [0, 0.05) is 25.3 Å². The fraction of sp³-hybridized carbons (Fsp3) is 0.250. The molecule has 0 unspecified atom stereocenters. The van der Waals surface area contributed by atoms with Gasteiger partial charge < -0.3 is 20.9 Å². The van der Waals surface area contributed by atoms with Gasteiger partial charge in [-0.1, -0.05) is 12.1 Å². The number of carbonyl (C=O) groups excluding carboxylic acids is 1. The van der Waals surface area contributed by atoms with E-state index in [9.17, 15) is 22.8 Å². The number of aryl methyl sites for hydroxylation is 1. The number of nitrogens with zero attached hydrogens (tertiary/aromatic N) is 2. The third-order valence-electron chi connectivity index (χ3n) is 4.49. The van der Waals surface area contributed by atoms with Crippen LogP contribution in [0.25, 0.3) is 11.0 Å². The van der Waals surface area contributed by atoms with Gasteiger partial charge in [0.25, 0.3) is 5.56 Å². The molecule has 3 aromatic rings. The molecule has 0 saturated carbocycles. The number of halogens is 3. The molecular weight excluding hydrogens is 399 g/mol. The molecule has 0 fully saturated rings. The summed E-state index contributed by atoms with van der Waals surface area (Å²) in [5.41, 5.74) is 6.55. The number of nitrogens with one attached hydrogen (secondary N) is 2. The summed E-state index contributed by atoms with van der Waals surface area (Å²) in [7, 11) is 0. The molecule has 1 heterocycles. The number of hydrogen-bond acceptors (Lipinski definition) is 4. The van der Waals surface area contributed by atoms with Gasteiger partial charge in [0.2, 0.25) is 0 Å². The van der Waals surface area contributed by atoms with E-state index in [0.29, 0.717) is 28.0 Å². The van der Waals surface area contributed by atoms with Gasteiger partial charge in [0.15, 0.2) is 0 Å². The van der Waals surface area contributed by atoms with Gasteiger partial charge in [-0.2, -0.15) is 13.2 Å². The number of fused-ring (bicyclic) bond motifs is 1. The maximum Gasteiger partial charge on any atom is 0.416 e. The fourth-order valence-corrected chi connectivity index (χ4v) is 3.05. The Kier molecular flexibility index (Phi) is 5.95. The van der Waals surface area contributed by atoms with Crippen LogP contribution in [0.5, 0.6) is 0 Å². The van der Waals surface area contributed by atoms with Crippen LogP contribution in [0.2, 0.25) is 0 Å². The van der Waals surface area contributed by atoms with Crippen LogP contribution < -0.4 is 21.9 Å². The number of primary amides is 1. The maximum absolute atomic E-state index is 12.9. The molecule has 0 radical (unpaired) electrons. The van der Waals surface area contributed by atoms with Crippen molar-refractivity contribution in [1.29, 1.82) is 0 Å². The van der Waals surface area contributed by atoms with E-state index >= 15 is 0 Å². The summed E-state index contributed by atoms with van der Waals surface area (Å²) in [6, 6.07) is 9.52. The lowest BCUT2D eigenvalue weighted by atomic mass is 10.1. The Morgan fingerprint density at radius 2 is 1.97 bits per heavy atom. The summed E-state index contributed by atoms with van der Waals surface area (Å²) >= 11 is 0. The summed E-state index contributed by atoms with van der Waals surface area (Å²) in [6.07, 6.45) is -4.41. The number of carbonyl (C=O) groups is 1. The molecule has 2 amide bonds. The Morgan fingerprint density at radius 1 is 1.20 bits per heavy atom. The highest BCUT2D eigenvalue weighted by Crippen LogP contribution is 2.29. The number of hydrogen-bond donors (Lipinski definition) is 3. The van der Waals surface area contributed by atoms with Crippen molar-refractivity contribution in [2.45, 2.75) is 26.2 Å². The first-order valence-electron chi connectivity index (χ1n) is 9.09. The standard InChI is InChI=1S/C20H20F3N5O2/c1-12-18(29)28(8-7-25-19(24)30)17-10-15(5-6-16(17)27-12)26-11-13-3-2-4-14(9-13)20(21,22)23/h2-6,9-10,26H,7-8,11H2,1H3,(H3,24,25,30). The average molecular weight is 419 g/mol. The Morgan fingerprint density at radius 3 is 2.67 bits per heavy atom. The number of aromatic nitrogens is 2. The highest BCUT2D eigenvalue weighted by atomic mass is 19.4. The molecule has 4 N–H and O–H groups in total. The van der Waals surface area contributed by atoms with Crippen LogP contribution in [0.1, 0.15) is 16.8 Å². The minimum Gasteiger partial charge on any atom is -0.381 e. The Balaban J connectivity index is 1.86. The SMILES string of the molecule is Cc1nc2ccc(NCc3cccc(C(F)(F)F)c3)cc2n(CCNC(N)=O)c1=O. The van der Waals surface area contributed by atoms with Gasteiger partial charge in [0.05, 0.1) is 16.6 Å². The monoisotopic (exact) mass is 419 g/mol. The number of amides is 2. The quantitative estimate of drug-likeness (QED) is 0.572. The van der Waals surface area contributed by atoms with Crippen molar-refractivity contribution in [2.75, 3.05) is 11.9 Å². The predicted molar refractivity (Wildman–Crippen MR) is 107 cm³/mol. The van der Waals surface area contributed by atoms with Crippen LogP contribution in [0.15, 0.2) is 47.3 Å². The zero-order valence-electron chi connectivity index (χ0n) is 16.1. The Hall–Kier alpha value is -3.56. The topological polar surface area (TPSA) is 102 Å². The van der Waals surface area contributed by atoms with E-state index in [1.54, 1.807) is 31.2 Å². The third-order valence-corrected chi connectivity index (χ3v) is 4.49. The number of urea groups is 1. The van der Waals surface area contributed by atoms with E-state index in [1.165, 1.54) is 10.6 Å². The van der Waals surface area contributed by atoms with Crippen molar-refractivity contribution in [2.24, 2.45) is 5.73 Å². The lowest BCUT2D eigenvalue weighted by Gasteiger charge is -2.14. The number of alkyl halides is 3. The number of benzene rings is 2. The Labute approximate surface area is 169 Å². The Bertz CT molecular complexity index is 1140. The lowest BCUT2D eigenvalue weighted by Crippen LogP contribution is -2.35. The molecule has 0 spiro atoms. The van der Waals surface area contributed by atoms with Crippen LogP contribution in [-0.4, -0.2) is 22.1 Å². The molecule has 0 aliphatic carbocycles. The third kappa shape index (κ3) is 4.88. The second kappa shape index (κ2) is 8.44. The predicted octanol–water partition coefficient (Wildman–Crippen LogP) is 3.00. The summed E-state index contributed by atoms with van der Waals surface area (Å²) in [6.45, 7) is 2.12. The van der Waals surface area contributed by atoms with Crippen molar-refractivity contribution in [1.82, 2.24) is 14.9 Å². The molecule has 0 aliphatic heterocycles. The maximum atomic E-state index is 12.9. The molecule has 3 rings (SSSR count). The number of rotatable bonds is 6. The van der Waals surface area contributed by atoms with Crippen molar-refractivity contribution in [3.63, 3.8) is 0 Å². The number of anilines is 1. The van der Waals surface area contributed by atoms with E-state index in [1.807, 2.05) is 0 Å². The highest BCUT2D eigenvalue weighted by Gasteiger charge is 2.30. The minimum atomic E-state index is -4.41. The molecule has 7 nitrogen and oxygen atoms in total. The van der Waals surface area contributed by atoms with Crippen molar-refractivity contribution < 1.29 is 18.0 Å². The van der Waals surface area contributed by atoms with Gasteiger partial charge in [-0.15, -0.1) is 0 Å². The zero-order chi connectivity index (χ0) is 21.9. The molecular formula is C20H20F3N5O2. The minimum absolute atomic E-state index is 0.162. The molecule has 2 aromatic carbocycles. The average Bonchev–Trinajstić information content (AvgIpc) is 2.69. The molecule has 1 aromatic heterocycles. The smallest absolute Gasteiger partial charge is 0.381 e. The summed E-state index contributed by atoms with van der Waals surface area (Å²) in [5, 5.41) is 5.50. The van der Waals surface area contributed by atoms with E-state index in [0.717, 1.165) is 12.1 Å². The second-order valence-electron chi connectivity index (χ2n) is 6.70. The first kappa shape index (κ1) is 21.2. The van der Waals surface area contributed by atoms with Gasteiger partial charge in [0.1, 0.15) is 5.69 Å². The van der Waals surface area contributed by atoms with Crippen LogP contribution in [0.3, 0.4) is 0 Å². The number of nitrogens with two attached hydrogens (primary N) is 1. The first-order valence-corrected chi connectivity index (χ1v) is 9.09. The zero-order valence-corrected chi connectivity index (χ0v) is 16.1. The summed E-state index contributed by atoms with van der Waals surface area (Å²) in [4.78, 5) is 27.7. The van der Waals surface area contributed by atoms with Crippen LogP contribution in [0.4, 0.5) is 23.7 Å². The highest BCUT2D eigenvalue weighted by molar-refractivity contribution is 5.79. The molecule has 0 atom stereocenters. The van der Waals surface area contributed by atoms with E-state index < -0.39 is 17.8 Å². The van der Waals surface area contributed by atoms with Crippen molar-refractivity contribution in [3.8, 4) is 0 Å². The fourth-order valence-electron chi connectivity index (χ4n) is 3.05.